The van der Waals surface area contributed by atoms with E-state index in [1.54, 1.807) is 0 Å². The Labute approximate surface area is 200 Å². The van der Waals surface area contributed by atoms with Crippen LogP contribution < -0.4 is 15.8 Å². The molecule has 1 fully saturated rings. The Morgan fingerprint density at radius 2 is 1.85 bits per heavy atom. The molecule has 7 nitrogen and oxygen atoms in total. The van der Waals surface area contributed by atoms with Crippen molar-refractivity contribution >= 4 is 22.2 Å². The first-order valence-corrected chi connectivity index (χ1v) is 12.4. The maximum atomic E-state index is 13.1. The number of amides is 1. The van der Waals surface area contributed by atoms with Gasteiger partial charge >= 0.3 is 0 Å². The van der Waals surface area contributed by atoms with Crippen LogP contribution >= 0.6 is 11.3 Å². The highest BCUT2D eigenvalue weighted by Crippen LogP contribution is 2.39. The summed E-state index contributed by atoms with van der Waals surface area (Å²) in [4.78, 5) is 33.3. The second kappa shape index (κ2) is 10.5. The van der Waals surface area contributed by atoms with Crippen molar-refractivity contribution in [2.24, 2.45) is 0 Å². The molecule has 0 unspecified atom stereocenters. The van der Waals surface area contributed by atoms with Crippen LogP contribution in [0, 0.1) is 32.1 Å². The van der Waals surface area contributed by atoms with Gasteiger partial charge in [-0.25, -0.2) is 0 Å². The minimum atomic E-state index is -0.307. The SMILES string of the molecule is CCN(c1sc(C#N)c(C(=O)NCc2c(C)cc(C)[nH]c2=O)c1C)[C@H]1CC[C@H](N(C)C)CC1. The molecule has 178 valence electrons. The second-order valence-corrected chi connectivity index (χ2v) is 10.2. The predicted molar refractivity (Wildman–Crippen MR) is 134 cm³/mol. The van der Waals surface area contributed by atoms with E-state index in [4.69, 9.17) is 0 Å². The standard InChI is InChI=1S/C25H35N5O2S/c1-7-30(19-10-8-18(9-11-19)29(5)6)25-17(4)22(21(13-26)33-25)24(32)27-14-20-15(2)12-16(3)28-23(20)31/h12,18-19H,7-11,14H2,1-6H3,(H,27,32)(H,28,31)/t18-,19-. The number of aromatic amines is 1. The van der Waals surface area contributed by atoms with Crippen LogP contribution in [0.2, 0.25) is 0 Å². The van der Waals surface area contributed by atoms with Crippen LogP contribution in [0.1, 0.15) is 70.2 Å². The zero-order valence-corrected chi connectivity index (χ0v) is 21.4. The lowest BCUT2D eigenvalue weighted by Crippen LogP contribution is -2.42. The van der Waals surface area contributed by atoms with Crippen LogP contribution in [0.15, 0.2) is 10.9 Å². The molecule has 1 aliphatic rings. The normalized spacial score (nSPS) is 18.2. The number of hydrogen-bond donors (Lipinski definition) is 2. The molecule has 0 aliphatic heterocycles. The fourth-order valence-electron chi connectivity index (χ4n) is 4.94. The number of H-pyrrole nitrogens is 1. The molecule has 3 rings (SSSR count). The molecule has 0 saturated heterocycles. The topological polar surface area (TPSA) is 92.2 Å². The van der Waals surface area contributed by atoms with E-state index in [1.807, 2.05) is 26.8 Å². The molecule has 33 heavy (non-hydrogen) atoms. The summed E-state index contributed by atoms with van der Waals surface area (Å²) in [6, 6.07) is 5.15. The number of thiophene rings is 1. The van der Waals surface area contributed by atoms with Gasteiger partial charge in [-0.3, -0.25) is 9.59 Å². The van der Waals surface area contributed by atoms with Gasteiger partial charge in [-0.15, -0.1) is 11.3 Å². The number of anilines is 1. The highest BCUT2D eigenvalue weighted by Gasteiger charge is 2.30. The first-order chi connectivity index (χ1) is 15.7. The lowest BCUT2D eigenvalue weighted by molar-refractivity contribution is 0.0950. The lowest BCUT2D eigenvalue weighted by atomic mass is 9.89. The Morgan fingerprint density at radius 3 is 2.39 bits per heavy atom. The maximum Gasteiger partial charge on any atom is 0.254 e. The van der Waals surface area contributed by atoms with Gasteiger partial charge in [-0.1, -0.05) is 0 Å². The Balaban J connectivity index is 1.82. The summed E-state index contributed by atoms with van der Waals surface area (Å²) >= 11 is 1.40. The zero-order chi connectivity index (χ0) is 24.3. The molecule has 0 radical (unpaired) electrons. The minimum absolute atomic E-state index is 0.127. The number of aryl methyl sites for hydroxylation is 2. The van der Waals surface area contributed by atoms with Crippen LogP contribution in [0.3, 0.4) is 0 Å². The third-order valence-electron chi connectivity index (χ3n) is 6.81. The monoisotopic (exact) mass is 469 g/mol. The van der Waals surface area contributed by atoms with Crippen molar-refractivity contribution in [1.29, 1.82) is 5.26 Å². The summed E-state index contributed by atoms with van der Waals surface area (Å²) < 4.78 is 0. The molecule has 1 aliphatic carbocycles. The number of carbonyl (C=O) groups excluding carboxylic acids is 1. The Morgan fingerprint density at radius 1 is 1.21 bits per heavy atom. The van der Waals surface area contributed by atoms with Crippen molar-refractivity contribution in [3.63, 3.8) is 0 Å². The van der Waals surface area contributed by atoms with Crippen LogP contribution in [0.4, 0.5) is 5.00 Å². The molecule has 0 aromatic carbocycles. The molecule has 2 aromatic heterocycles. The summed E-state index contributed by atoms with van der Waals surface area (Å²) in [6.45, 7) is 8.72. The average Bonchev–Trinajstić information content (AvgIpc) is 3.10. The summed E-state index contributed by atoms with van der Waals surface area (Å²) in [7, 11) is 4.28. The molecule has 2 aromatic rings. The smallest absolute Gasteiger partial charge is 0.254 e. The first kappa shape index (κ1) is 25.0. The molecular weight excluding hydrogens is 434 g/mol. The van der Waals surface area contributed by atoms with E-state index in [1.165, 1.54) is 11.3 Å². The van der Waals surface area contributed by atoms with Gasteiger partial charge in [0.2, 0.25) is 0 Å². The molecule has 0 spiro atoms. The fourth-order valence-corrected chi connectivity index (χ4v) is 6.18. The van der Waals surface area contributed by atoms with E-state index in [9.17, 15) is 14.9 Å². The van der Waals surface area contributed by atoms with Crippen molar-refractivity contribution in [2.45, 2.75) is 72.0 Å². The molecule has 0 bridgehead atoms. The number of aromatic nitrogens is 1. The largest absolute Gasteiger partial charge is 0.360 e. The number of rotatable bonds is 7. The highest BCUT2D eigenvalue weighted by atomic mass is 32.1. The number of pyridine rings is 1. The molecule has 0 atom stereocenters. The predicted octanol–water partition coefficient (Wildman–Crippen LogP) is 3.86. The number of nitriles is 1. The van der Waals surface area contributed by atoms with E-state index < -0.39 is 0 Å². The zero-order valence-electron chi connectivity index (χ0n) is 20.5. The van der Waals surface area contributed by atoms with E-state index >= 15 is 0 Å². The summed E-state index contributed by atoms with van der Waals surface area (Å²) in [6.07, 6.45) is 4.52. The van der Waals surface area contributed by atoms with Gasteiger partial charge in [-0.05, 0) is 84.7 Å². The Bertz CT molecular complexity index is 1100. The van der Waals surface area contributed by atoms with E-state index in [2.05, 4.69) is 47.2 Å². The van der Waals surface area contributed by atoms with Gasteiger partial charge in [0.15, 0.2) is 0 Å². The van der Waals surface area contributed by atoms with Crippen LogP contribution in [0.5, 0.6) is 0 Å². The maximum absolute atomic E-state index is 13.1. The molecule has 1 saturated carbocycles. The van der Waals surface area contributed by atoms with Gasteiger partial charge in [0.25, 0.3) is 11.5 Å². The first-order valence-electron chi connectivity index (χ1n) is 11.6. The van der Waals surface area contributed by atoms with Crippen LogP contribution in [-0.2, 0) is 6.54 Å². The quantitative estimate of drug-likeness (QED) is 0.642. The van der Waals surface area contributed by atoms with E-state index in [-0.39, 0.29) is 18.0 Å². The molecule has 1 amide bonds. The van der Waals surface area contributed by atoms with Gasteiger partial charge in [0.1, 0.15) is 10.9 Å². The van der Waals surface area contributed by atoms with Gasteiger partial charge < -0.3 is 20.1 Å². The molecule has 8 heteroatoms. The highest BCUT2D eigenvalue weighted by molar-refractivity contribution is 7.17. The number of hydrogen-bond acceptors (Lipinski definition) is 6. The van der Waals surface area contributed by atoms with Crippen molar-refractivity contribution in [3.05, 3.63) is 49.2 Å². The third-order valence-corrected chi connectivity index (χ3v) is 8.04. The van der Waals surface area contributed by atoms with Gasteiger partial charge in [-0.2, -0.15) is 5.26 Å². The fraction of sp³-hybridized carbons (Fsp3) is 0.560. The summed E-state index contributed by atoms with van der Waals surface area (Å²) in [5.41, 5.74) is 3.25. The van der Waals surface area contributed by atoms with Gasteiger partial charge in [0, 0.05) is 36.4 Å². The van der Waals surface area contributed by atoms with Crippen molar-refractivity contribution in [3.8, 4) is 6.07 Å². The second-order valence-electron chi connectivity index (χ2n) is 9.19. The van der Waals surface area contributed by atoms with E-state index in [0.717, 1.165) is 54.0 Å². The Kier molecular flexibility index (Phi) is 7.98. The van der Waals surface area contributed by atoms with Gasteiger partial charge in [0.05, 0.1) is 10.6 Å². The minimum Gasteiger partial charge on any atom is -0.360 e. The molecule has 2 heterocycles. The number of nitrogens with one attached hydrogen (secondary N) is 2. The lowest BCUT2D eigenvalue weighted by Gasteiger charge is -2.39. The average molecular weight is 470 g/mol. The van der Waals surface area contributed by atoms with Crippen molar-refractivity contribution in [2.75, 3.05) is 25.5 Å². The summed E-state index contributed by atoms with van der Waals surface area (Å²) in [5, 5.41) is 13.7. The number of nitrogens with zero attached hydrogens (tertiary/aromatic N) is 3. The third kappa shape index (κ3) is 5.31. The Hall–Kier alpha value is -2.63. The molecule has 2 N–H and O–H groups in total. The number of carbonyl (C=O) groups is 1. The summed E-state index contributed by atoms with van der Waals surface area (Å²) in [5.74, 6) is -0.307. The van der Waals surface area contributed by atoms with Crippen LogP contribution in [0.25, 0.3) is 0 Å². The van der Waals surface area contributed by atoms with Crippen molar-refractivity contribution in [1.82, 2.24) is 15.2 Å². The van der Waals surface area contributed by atoms with Crippen LogP contribution in [-0.4, -0.2) is 48.5 Å². The van der Waals surface area contributed by atoms with E-state index in [0.29, 0.717) is 28.1 Å². The van der Waals surface area contributed by atoms with Crippen molar-refractivity contribution < 1.29 is 4.79 Å². The molecular formula is C25H35N5O2S.